The maximum atomic E-state index is 12.0. The number of carbonyl (C=O) groups is 2. The number of phenols is 2. The Morgan fingerprint density at radius 1 is 1.22 bits per heavy atom. The number of carbonyl (C=O) groups excluding carboxylic acids is 2. The van der Waals surface area contributed by atoms with Crippen molar-refractivity contribution < 1.29 is 44.6 Å². The number of aromatic hydroxyl groups is 2. The lowest BCUT2D eigenvalue weighted by molar-refractivity contribution is -0.199. The van der Waals surface area contributed by atoms with Crippen LogP contribution in [-0.2, 0) is 19.1 Å². The quantitative estimate of drug-likeness (QED) is 0.265. The Balaban J connectivity index is 2.06. The first-order valence-corrected chi connectivity index (χ1v) is 8.32. The van der Waals surface area contributed by atoms with Gasteiger partial charge in [0.15, 0.2) is 17.1 Å². The summed E-state index contributed by atoms with van der Waals surface area (Å²) in [4.78, 5) is 23.9. The standard InChI is InChI=1S/C18H22O9/c1-2-26-17(24)18(25)8-13(21)16(23)14(9-18)27-15(22)6-4-10-3-5-11(19)12(20)7-10/h3-7,13-14,16,19-21,23,25H,2,8-9H2,1H3/b6-4+/t13-,14+,16+,18-/m1/s1. The first-order valence-electron chi connectivity index (χ1n) is 8.32. The molecule has 2 rings (SSSR count). The van der Waals surface area contributed by atoms with Gasteiger partial charge < -0.3 is 35.0 Å². The SMILES string of the molecule is CCOC(=O)[C@@]1(O)C[C@@H](O)[C@H](O)[C@@H](OC(=O)/C=C/c2ccc(O)c(O)c2)C1. The van der Waals surface area contributed by atoms with Crippen LogP contribution in [0.15, 0.2) is 24.3 Å². The highest BCUT2D eigenvalue weighted by Crippen LogP contribution is 2.32. The van der Waals surface area contributed by atoms with Crippen LogP contribution in [0.1, 0.15) is 25.3 Å². The predicted octanol–water partition coefficient (Wildman–Crippen LogP) is -0.167. The first kappa shape index (κ1) is 20.7. The van der Waals surface area contributed by atoms with Crippen molar-refractivity contribution in [3.8, 4) is 11.5 Å². The van der Waals surface area contributed by atoms with Crippen molar-refractivity contribution in [3.63, 3.8) is 0 Å². The molecule has 1 aliphatic rings. The van der Waals surface area contributed by atoms with Gasteiger partial charge in [-0.25, -0.2) is 9.59 Å². The topological polar surface area (TPSA) is 154 Å². The van der Waals surface area contributed by atoms with Crippen molar-refractivity contribution in [2.45, 2.75) is 43.7 Å². The average Bonchev–Trinajstić information content (AvgIpc) is 2.60. The number of aliphatic hydroxyl groups is 3. The number of aliphatic hydroxyl groups excluding tert-OH is 2. The predicted molar refractivity (Wildman–Crippen MR) is 91.5 cm³/mol. The number of hydrogen-bond acceptors (Lipinski definition) is 9. The molecule has 4 atom stereocenters. The number of rotatable bonds is 5. The van der Waals surface area contributed by atoms with Crippen LogP contribution in [-0.4, -0.2) is 68.0 Å². The Kier molecular flexibility index (Phi) is 6.42. The van der Waals surface area contributed by atoms with E-state index in [1.54, 1.807) is 6.92 Å². The Hall–Kier alpha value is -2.62. The molecule has 1 aliphatic carbocycles. The minimum atomic E-state index is -2.08. The highest BCUT2D eigenvalue weighted by Gasteiger charge is 2.51. The fourth-order valence-electron chi connectivity index (χ4n) is 2.79. The minimum absolute atomic E-state index is 0.0203. The van der Waals surface area contributed by atoms with Gasteiger partial charge in [0.25, 0.3) is 0 Å². The summed E-state index contributed by atoms with van der Waals surface area (Å²) in [5.41, 5.74) is -1.68. The van der Waals surface area contributed by atoms with Crippen LogP contribution in [0.2, 0.25) is 0 Å². The molecule has 1 aromatic rings. The Morgan fingerprint density at radius 2 is 1.93 bits per heavy atom. The molecule has 1 aromatic carbocycles. The molecule has 0 unspecified atom stereocenters. The van der Waals surface area contributed by atoms with Crippen LogP contribution in [0.4, 0.5) is 0 Å². The fourth-order valence-corrected chi connectivity index (χ4v) is 2.79. The molecule has 0 saturated heterocycles. The van der Waals surface area contributed by atoms with Gasteiger partial charge in [-0.2, -0.15) is 0 Å². The lowest BCUT2D eigenvalue weighted by Crippen LogP contribution is -2.57. The number of ether oxygens (including phenoxy) is 2. The number of phenolic OH excluding ortho intramolecular Hbond substituents is 2. The van der Waals surface area contributed by atoms with E-state index in [1.807, 2.05) is 0 Å². The highest BCUT2D eigenvalue weighted by atomic mass is 16.6. The second-order valence-corrected chi connectivity index (χ2v) is 6.28. The summed E-state index contributed by atoms with van der Waals surface area (Å²) in [6.07, 6.45) is -2.85. The molecule has 5 N–H and O–H groups in total. The third kappa shape index (κ3) is 4.97. The molecule has 27 heavy (non-hydrogen) atoms. The Morgan fingerprint density at radius 3 is 2.56 bits per heavy atom. The maximum absolute atomic E-state index is 12.0. The van der Waals surface area contributed by atoms with E-state index in [2.05, 4.69) is 0 Å². The van der Waals surface area contributed by atoms with Gasteiger partial charge in [-0.15, -0.1) is 0 Å². The smallest absolute Gasteiger partial charge is 0.338 e. The summed E-state index contributed by atoms with van der Waals surface area (Å²) in [6, 6.07) is 3.90. The van der Waals surface area contributed by atoms with E-state index < -0.39 is 48.7 Å². The second-order valence-electron chi connectivity index (χ2n) is 6.28. The molecule has 0 aliphatic heterocycles. The molecular weight excluding hydrogens is 360 g/mol. The molecular formula is C18H22O9. The van der Waals surface area contributed by atoms with Crippen LogP contribution in [0.25, 0.3) is 6.08 Å². The van der Waals surface area contributed by atoms with E-state index in [0.29, 0.717) is 5.56 Å². The van der Waals surface area contributed by atoms with Gasteiger partial charge >= 0.3 is 11.9 Å². The number of hydrogen-bond donors (Lipinski definition) is 5. The van der Waals surface area contributed by atoms with Gasteiger partial charge in [-0.1, -0.05) is 6.07 Å². The normalized spacial score (nSPS) is 28.1. The Labute approximate surface area is 155 Å². The molecule has 0 spiro atoms. The third-order valence-corrected chi connectivity index (χ3v) is 4.20. The van der Waals surface area contributed by atoms with Gasteiger partial charge in [0.05, 0.1) is 12.7 Å². The first-order chi connectivity index (χ1) is 12.7. The molecule has 1 saturated carbocycles. The van der Waals surface area contributed by atoms with Crippen LogP contribution >= 0.6 is 0 Å². The average molecular weight is 382 g/mol. The van der Waals surface area contributed by atoms with Crippen LogP contribution in [0.3, 0.4) is 0 Å². The lowest BCUT2D eigenvalue weighted by Gasteiger charge is -2.39. The van der Waals surface area contributed by atoms with Crippen LogP contribution in [0.5, 0.6) is 11.5 Å². The lowest BCUT2D eigenvalue weighted by atomic mass is 9.79. The van der Waals surface area contributed by atoms with E-state index in [4.69, 9.17) is 9.47 Å². The maximum Gasteiger partial charge on any atom is 0.338 e. The van der Waals surface area contributed by atoms with E-state index in [-0.39, 0.29) is 18.1 Å². The van der Waals surface area contributed by atoms with Gasteiger partial charge in [0.2, 0.25) is 0 Å². The molecule has 9 heteroatoms. The van der Waals surface area contributed by atoms with E-state index in [0.717, 1.165) is 6.08 Å². The zero-order valence-electron chi connectivity index (χ0n) is 14.6. The third-order valence-electron chi connectivity index (χ3n) is 4.20. The molecule has 0 aromatic heterocycles. The van der Waals surface area contributed by atoms with E-state index in [1.165, 1.54) is 24.3 Å². The van der Waals surface area contributed by atoms with Crippen molar-refractivity contribution in [2.75, 3.05) is 6.61 Å². The number of esters is 2. The van der Waals surface area contributed by atoms with Crippen molar-refractivity contribution >= 4 is 18.0 Å². The van der Waals surface area contributed by atoms with Crippen molar-refractivity contribution in [2.24, 2.45) is 0 Å². The zero-order chi connectivity index (χ0) is 20.2. The molecule has 9 nitrogen and oxygen atoms in total. The van der Waals surface area contributed by atoms with Crippen LogP contribution in [0, 0.1) is 0 Å². The summed E-state index contributed by atoms with van der Waals surface area (Å²) < 4.78 is 9.83. The van der Waals surface area contributed by atoms with Crippen molar-refractivity contribution in [1.82, 2.24) is 0 Å². The van der Waals surface area contributed by atoms with Gasteiger partial charge in [-0.05, 0) is 30.7 Å². The van der Waals surface area contributed by atoms with Crippen molar-refractivity contribution in [3.05, 3.63) is 29.8 Å². The van der Waals surface area contributed by atoms with E-state index in [9.17, 15) is 35.1 Å². The van der Waals surface area contributed by atoms with Gasteiger partial charge in [0.1, 0.15) is 12.2 Å². The molecule has 0 bridgehead atoms. The molecule has 0 radical (unpaired) electrons. The minimum Gasteiger partial charge on any atom is -0.504 e. The second kappa shape index (κ2) is 8.38. The monoisotopic (exact) mass is 382 g/mol. The molecule has 0 heterocycles. The largest absolute Gasteiger partial charge is 0.504 e. The summed E-state index contributed by atoms with van der Waals surface area (Å²) in [5.74, 6) is -2.54. The molecule has 0 amide bonds. The Bertz CT molecular complexity index is 730. The summed E-state index contributed by atoms with van der Waals surface area (Å²) in [7, 11) is 0. The van der Waals surface area contributed by atoms with E-state index >= 15 is 0 Å². The van der Waals surface area contributed by atoms with Crippen molar-refractivity contribution in [1.29, 1.82) is 0 Å². The zero-order valence-corrected chi connectivity index (χ0v) is 14.6. The fraction of sp³-hybridized carbons (Fsp3) is 0.444. The molecule has 1 fully saturated rings. The van der Waals surface area contributed by atoms with Crippen LogP contribution < -0.4 is 0 Å². The van der Waals surface area contributed by atoms with Gasteiger partial charge in [-0.3, -0.25) is 0 Å². The summed E-state index contributed by atoms with van der Waals surface area (Å²) >= 11 is 0. The summed E-state index contributed by atoms with van der Waals surface area (Å²) in [6.45, 7) is 1.57. The molecule has 148 valence electrons. The summed E-state index contributed by atoms with van der Waals surface area (Å²) in [5, 5.41) is 49.0. The van der Waals surface area contributed by atoms with Gasteiger partial charge in [0, 0.05) is 18.9 Å². The number of benzene rings is 1. The highest BCUT2D eigenvalue weighted by molar-refractivity contribution is 5.87.